The largest absolute Gasteiger partial charge is 0.462 e. The number of amides is 2. The van der Waals surface area contributed by atoms with Crippen LogP contribution in [0, 0.1) is 5.92 Å². The first-order valence-corrected chi connectivity index (χ1v) is 8.33. The molecule has 6 heteroatoms. The van der Waals surface area contributed by atoms with Gasteiger partial charge in [-0.15, -0.1) is 0 Å². The van der Waals surface area contributed by atoms with E-state index in [4.69, 9.17) is 4.74 Å². The van der Waals surface area contributed by atoms with Crippen LogP contribution in [0.5, 0.6) is 0 Å². The zero-order valence-electron chi connectivity index (χ0n) is 14.2. The van der Waals surface area contributed by atoms with Crippen molar-refractivity contribution in [3.05, 3.63) is 29.8 Å². The van der Waals surface area contributed by atoms with Crippen molar-refractivity contribution in [2.75, 3.05) is 25.5 Å². The Kier molecular flexibility index (Phi) is 6.35. The lowest BCUT2D eigenvalue weighted by molar-refractivity contribution is -0.135. The van der Waals surface area contributed by atoms with E-state index < -0.39 is 0 Å². The van der Waals surface area contributed by atoms with Gasteiger partial charge < -0.3 is 15.0 Å². The van der Waals surface area contributed by atoms with Gasteiger partial charge in [-0.1, -0.05) is 6.42 Å². The second-order valence-corrected chi connectivity index (χ2v) is 6.00. The molecule has 1 heterocycles. The van der Waals surface area contributed by atoms with Gasteiger partial charge >= 0.3 is 5.97 Å². The summed E-state index contributed by atoms with van der Waals surface area (Å²) < 4.78 is 4.91. The minimum atomic E-state index is -0.387. The van der Waals surface area contributed by atoms with Crippen molar-refractivity contribution < 1.29 is 19.1 Å². The molecule has 2 rings (SSSR count). The van der Waals surface area contributed by atoms with Crippen LogP contribution < -0.4 is 5.32 Å². The Morgan fingerprint density at radius 2 is 1.96 bits per heavy atom. The first kappa shape index (κ1) is 18.0. The summed E-state index contributed by atoms with van der Waals surface area (Å²) in [6.45, 7) is 2.83. The fourth-order valence-corrected chi connectivity index (χ4v) is 2.81. The van der Waals surface area contributed by atoms with Crippen molar-refractivity contribution in [3.8, 4) is 0 Å². The molecular formula is C18H24N2O4. The molecule has 0 aromatic heterocycles. The first-order chi connectivity index (χ1) is 11.5. The van der Waals surface area contributed by atoms with E-state index in [1.807, 2.05) is 0 Å². The molecule has 1 unspecified atom stereocenters. The van der Waals surface area contributed by atoms with Gasteiger partial charge in [0.25, 0.3) is 0 Å². The molecule has 0 radical (unpaired) electrons. The maximum absolute atomic E-state index is 12.2. The Hall–Kier alpha value is -2.37. The molecule has 1 saturated heterocycles. The molecule has 130 valence electrons. The number of benzene rings is 1. The standard InChI is InChI=1S/C18H24N2O4/c1-3-24-18(23)13-7-9-15(10-8-13)19-16(21)12-14-6-4-5-11-20(2)17(14)22/h7-10,14H,3-6,11-12H2,1-2H3,(H,19,21). The van der Waals surface area contributed by atoms with Gasteiger partial charge in [0.05, 0.1) is 12.2 Å². The Bertz CT molecular complexity index is 598. The van der Waals surface area contributed by atoms with Gasteiger partial charge in [-0.25, -0.2) is 4.79 Å². The molecule has 1 N–H and O–H groups in total. The van der Waals surface area contributed by atoms with E-state index in [9.17, 15) is 14.4 Å². The van der Waals surface area contributed by atoms with Crippen LogP contribution in [-0.4, -0.2) is 42.9 Å². The van der Waals surface area contributed by atoms with Crippen LogP contribution in [-0.2, 0) is 14.3 Å². The summed E-state index contributed by atoms with van der Waals surface area (Å²) in [6, 6.07) is 6.53. The van der Waals surface area contributed by atoms with Gasteiger partial charge in [0, 0.05) is 31.6 Å². The number of rotatable bonds is 5. The Morgan fingerprint density at radius 3 is 2.62 bits per heavy atom. The van der Waals surface area contributed by atoms with Crippen LogP contribution in [0.2, 0.25) is 0 Å². The van der Waals surface area contributed by atoms with Crippen molar-refractivity contribution in [2.24, 2.45) is 5.92 Å². The summed E-state index contributed by atoms with van der Waals surface area (Å²) in [5, 5.41) is 2.78. The SMILES string of the molecule is CCOC(=O)c1ccc(NC(=O)CC2CCCCN(C)C2=O)cc1. The molecule has 0 aliphatic carbocycles. The van der Waals surface area contributed by atoms with E-state index in [1.165, 1.54) is 0 Å². The minimum Gasteiger partial charge on any atom is -0.462 e. The topological polar surface area (TPSA) is 75.7 Å². The van der Waals surface area contributed by atoms with Crippen LogP contribution in [0.25, 0.3) is 0 Å². The number of nitrogens with zero attached hydrogens (tertiary/aromatic N) is 1. The molecule has 6 nitrogen and oxygen atoms in total. The predicted molar refractivity (Wildman–Crippen MR) is 90.6 cm³/mol. The van der Waals surface area contributed by atoms with Crippen molar-refractivity contribution in [3.63, 3.8) is 0 Å². The highest BCUT2D eigenvalue weighted by Gasteiger charge is 2.26. The highest BCUT2D eigenvalue weighted by atomic mass is 16.5. The zero-order valence-corrected chi connectivity index (χ0v) is 14.2. The Balaban J connectivity index is 1.92. The average molecular weight is 332 g/mol. The van der Waals surface area contributed by atoms with Gasteiger partial charge in [-0.3, -0.25) is 9.59 Å². The van der Waals surface area contributed by atoms with Gasteiger partial charge in [0.1, 0.15) is 0 Å². The molecule has 1 aliphatic heterocycles. The predicted octanol–water partition coefficient (Wildman–Crippen LogP) is 2.45. The molecule has 0 bridgehead atoms. The first-order valence-electron chi connectivity index (χ1n) is 8.33. The van der Waals surface area contributed by atoms with Crippen LogP contribution in [0.4, 0.5) is 5.69 Å². The Morgan fingerprint density at radius 1 is 1.25 bits per heavy atom. The number of anilines is 1. The number of carbonyl (C=O) groups excluding carboxylic acids is 3. The lowest BCUT2D eigenvalue weighted by Crippen LogP contribution is -2.33. The number of likely N-dealkylation sites (tertiary alicyclic amines) is 1. The Labute approximate surface area is 142 Å². The van der Waals surface area contributed by atoms with Crippen LogP contribution >= 0.6 is 0 Å². The fourth-order valence-electron chi connectivity index (χ4n) is 2.81. The van der Waals surface area contributed by atoms with Crippen molar-refractivity contribution in [1.29, 1.82) is 0 Å². The van der Waals surface area contributed by atoms with Gasteiger partial charge in [0.15, 0.2) is 0 Å². The normalized spacial score (nSPS) is 18.0. The van der Waals surface area contributed by atoms with E-state index >= 15 is 0 Å². The summed E-state index contributed by atoms with van der Waals surface area (Å²) >= 11 is 0. The van der Waals surface area contributed by atoms with Crippen LogP contribution in [0.1, 0.15) is 43.0 Å². The highest BCUT2D eigenvalue weighted by Crippen LogP contribution is 2.21. The summed E-state index contributed by atoms with van der Waals surface area (Å²) in [6.07, 6.45) is 2.87. The third-order valence-corrected chi connectivity index (χ3v) is 4.13. The molecule has 0 spiro atoms. The van der Waals surface area contributed by atoms with E-state index in [1.54, 1.807) is 43.1 Å². The molecule has 1 fully saturated rings. The van der Waals surface area contributed by atoms with E-state index in [0.717, 1.165) is 25.8 Å². The number of esters is 1. The summed E-state index contributed by atoms with van der Waals surface area (Å²) in [5.41, 5.74) is 1.04. The molecule has 1 aliphatic rings. The molecule has 1 aromatic rings. The van der Waals surface area contributed by atoms with Crippen molar-refractivity contribution in [1.82, 2.24) is 4.90 Å². The summed E-state index contributed by atoms with van der Waals surface area (Å²) in [4.78, 5) is 37.7. The second-order valence-electron chi connectivity index (χ2n) is 6.00. The monoisotopic (exact) mass is 332 g/mol. The van der Waals surface area contributed by atoms with E-state index in [2.05, 4.69) is 5.32 Å². The van der Waals surface area contributed by atoms with E-state index in [0.29, 0.717) is 17.9 Å². The van der Waals surface area contributed by atoms with E-state index in [-0.39, 0.29) is 30.1 Å². The second kappa shape index (κ2) is 8.47. The quantitative estimate of drug-likeness (QED) is 0.840. The number of hydrogen-bond donors (Lipinski definition) is 1. The van der Waals surface area contributed by atoms with Crippen LogP contribution in [0.15, 0.2) is 24.3 Å². The molecule has 1 atom stereocenters. The maximum atomic E-state index is 12.2. The fraction of sp³-hybridized carbons (Fsp3) is 0.500. The van der Waals surface area contributed by atoms with Crippen LogP contribution in [0.3, 0.4) is 0 Å². The van der Waals surface area contributed by atoms with Gasteiger partial charge in [-0.2, -0.15) is 0 Å². The van der Waals surface area contributed by atoms with Gasteiger partial charge in [0.2, 0.25) is 11.8 Å². The molecule has 1 aromatic carbocycles. The lowest BCUT2D eigenvalue weighted by atomic mass is 9.98. The third-order valence-electron chi connectivity index (χ3n) is 4.13. The van der Waals surface area contributed by atoms with Crippen molar-refractivity contribution in [2.45, 2.75) is 32.6 Å². The maximum Gasteiger partial charge on any atom is 0.338 e. The third kappa shape index (κ3) is 4.81. The number of ether oxygens (including phenoxy) is 1. The molecule has 0 saturated carbocycles. The van der Waals surface area contributed by atoms with Crippen molar-refractivity contribution >= 4 is 23.5 Å². The highest BCUT2D eigenvalue weighted by molar-refractivity contribution is 5.95. The number of hydrogen-bond acceptors (Lipinski definition) is 4. The molecule has 24 heavy (non-hydrogen) atoms. The number of nitrogens with one attached hydrogen (secondary N) is 1. The number of carbonyl (C=O) groups is 3. The molecule has 2 amide bonds. The lowest BCUT2D eigenvalue weighted by Gasteiger charge is -2.19. The summed E-state index contributed by atoms with van der Waals surface area (Å²) in [5.74, 6) is -0.786. The average Bonchev–Trinajstić information content (AvgIpc) is 2.71. The van der Waals surface area contributed by atoms with Gasteiger partial charge in [-0.05, 0) is 44.0 Å². The smallest absolute Gasteiger partial charge is 0.338 e. The zero-order chi connectivity index (χ0) is 17.5. The molecular weight excluding hydrogens is 308 g/mol. The minimum absolute atomic E-state index is 0.0420. The summed E-state index contributed by atoms with van der Waals surface area (Å²) in [7, 11) is 1.78.